The summed E-state index contributed by atoms with van der Waals surface area (Å²) in [6.45, 7) is 6.50. The lowest BCUT2D eigenvalue weighted by atomic mass is 10.1. The first-order chi connectivity index (χ1) is 19.5. The average molecular weight is 565 g/mol. The third-order valence-corrected chi connectivity index (χ3v) is 7.35. The van der Waals surface area contributed by atoms with Crippen molar-refractivity contribution in [2.75, 3.05) is 0 Å². The van der Waals surface area contributed by atoms with Crippen LogP contribution in [0.25, 0.3) is 11.4 Å². The number of hydrogen-bond acceptors (Lipinski definition) is 5. The fourth-order valence-electron chi connectivity index (χ4n) is 4.61. The molecule has 3 aromatic rings. The summed E-state index contributed by atoms with van der Waals surface area (Å²) in [6, 6.07) is 12.2. The van der Waals surface area contributed by atoms with Crippen molar-refractivity contribution in [1.29, 1.82) is 0 Å². The Bertz CT molecular complexity index is 1150. The van der Waals surface area contributed by atoms with Crippen molar-refractivity contribution in [2.45, 2.75) is 110 Å². The van der Waals surface area contributed by atoms with Crippen molar-refractivity contribution in [3.05, 3.63) is 71.0 Å². The number of carbonyl (C=O) groups excluding carboxylic acids is 1. The van der Waals surface area contributed by atoms with Crippen molar-refractivity contribution in [1.82, 2.24) is 9.97 Å². The minimum absolute atomic E-state index is 0.0657. The molecule has 2 aromatic carbocycles. The molecule has 3 rings (SSSR count). The maximum absolute atomic E-state index is 12.7. The Morgan fingerprint density at radius 2 is 1.45 bits per heavy atom. The Balaban J connectivity index is 1.47. The zero-order chi connectivity index (χ0) is 28.6. The maximum Gasteiger partial charge on any atom is 0.343 e. The maximum atomic E-state index is 12.7. The van der Waals surface area contributed by atoms with Gasteiger partial charge >= 0.3 is 5.97 Å². The summed E-state index contributed by atoms with van der Waals surface area (Å²) in [4.78, 5) is 21.8. The molecule has 0 aliphatic heterocycles. The number of unbranched alkanes of at least 4 members (excludes halogenated alkanes) is 9. The summed E-state index contributed by atoms with van der Waals surface area (Å²) in [5.74, 6) is 1.21. The van der Waals surface area contributed by atoms with E-state index in [0.29, 0.717) is 27.9 Å². The lowest BCUT2D eigenvalue weighted by molar-refractivity contribution is 0.0734. The Morgan fingerprint density at radius 1 is 0.825 bits per heavy atom. The quantitative estimate of drug-likeness (QED) is 0.0873. The van der Waals surface area contributed by atoms with E-state index in [9.17, 15) is 4.79 Å². The molecule has 0 N–H and O–H groups in total. The van der Waals surface area contributed by atoms with Gasteiger partial charge in [0.15, 0.2) is 5.82 Å². The van der Waals surface area contributed by atoms with Gasteiger partial charge in [0.05, 0.1) is 16.7 Å². The molecule has 0 spiro atoms. The number of hydrogen-bond donors (Lipinski definition) is 0. The fraction of sp³-hybridized carbons (Fsp3) is 0.500. The second-order valence-corrected chi connectivity index (χ2v) is 11.0. The van der Waals surface area contributed by atoms with Crippen LogP contribution in [0.4, 0.5) is 0 Å². The number of halogens is 1. The van der Waals surface area contributed by atoms with Crippen LogP contribution in [0.5, 0.6) is 11.5 Å². The number of benzene rings is 2. The van der Waals surface area contributed by atoms with E-state index >= 15 is 0 Å². The summed E-state index contributed by atoms with van der Waals surface area (Å²) in [5.41, 5.74) is 2.41. The number of aromatic nitrogens is 2. The molecular formula is C34H45ClN2O3. The van der Waals surface area contributed by atoms with E-state index in [2.05, 4.69) is 23.8 Å². The lowest BCUT2D eigenvalue weighted by Gasteiger charge is -2.16. The smallest absolute Gasteiger partial charge is 0.343 e. The van der Waals surface area contributed by atoms with Crippen molar-refractivity contribution in [3.8, 4) is 22.9 Å². The molecule has 1 unspecified atom stereocenters. The fourth-order valence-corrected chi connectivity index (χ4v) is 4.84. The van der Waals surface area contributed by atoms with Crippen LogP contribution in [0.3, 0.4) is 0 Å². The highest BCUT2D eigenvalue weighted by Crippen LogP contribution is 2.28. The van der Waals surface area contributed by atoms with Crippen LogP contribution in [0.1, 0.15) is 114 Å². The third-order valence-electron chi connectivity index (χ3n) is 7.06. The molecule has 6 heteroatoms. The van der Waals surface area contributed by atoms with Gasteiger partial charge in [-0.2, -0.15) is 0 Å². The van der Waals surface area contributed by atoms with E-state index < -0.39 is 5.97 Å². The van der Waals surface area contributed by atoms with Gasteiger partial charge in [-0.25, -0.2) is 14.8 Å². The van der Waals surface area contributed by atoms with Gasteiger partial charge in [0.2, 0.25) is 0 Å². The Kier molecular flexibility index (Phi) is 14.0. The van der Waals surface area contributed by atoms with Gasteiger partial charge < -0.3 is 9.47 Å². The summed E-state index contributed by atoms with van der Waals surface area (Å²) in [5, 5.41) is 0.401. The molecule has 0 saturated heterocycles. The second kappa shape index (κ2) is 17.7. The molecule has 40 heavy (non-hydrogen) atoms. The van der Waals surface area contributed by atoms with Gasteiger partial charge in [-0.15, -0.1) is 0 Å². The number of nitrogens with zero attached hydrogens (tertiary/aromatic N) is 2. The SMILES string of the molecule is CCCCCCCCCc1cnc(-c2ccc(OC(=O)c3ccc(OC(C)CCCCCC)c(Cl)c3)cc2)nc1. The first-order valence-corrected chi connectivity index (χ1v) is 15.5. The van der Waals surface area contributed by atoms with Crippen LogP contribution in [-0.4, -0.2) is 22.0 Å². The van der Waals surface area contributed by atoms with Gasteiger partial charge in [0.25, 0.3) is 0 Å². The first kappa shape index (κ1) is 31.6. The zero-order valence-corrected chi connectivity index (χ0v) is 25.2. The Labute approximate surface area is 245 Å². The number of aryl methyl sites for hydroxylation is 1. The Morgan fingerprint density at radius 3 is 2.10 bits per heavy atom. The topological polar surface area (TPSA) is 61.3 Å². The molecule has 216 valence electrons. The van der Waals surface area contributed by atoms with Gasteiger partial charge in [-0.05, 0) is 80.6 Å². The van der Waals surface area contributed by atoms with Crippen LogP contribution in [0.2, 0.25) is 5.02 Å². The highest BCUT2D eigenvalue weighted by atomic mass is 35.5. The monoisotopic (exact) mass is 564 g/mol. The molecule has 0 saturated carbocycles. The number of esters is 1. The van der Waals surface area contributed by atoms with Crippen molar-refractivity contribution in [3.63, 3.8) is 0 Å². The summed E-state index contributed by atoms with van der Waals surface area (Å²) in [6.07, 6.45) is 19.7. The van der Waals surface area contributed by atoms with Gasteiger partial charge in [-0.1, -0.05) is 83.2 Å². The predicted octanol–water partition coefficient (Wildman–Crippen LogP) is 10.0. The van der Waals surface area contributed by atoms with Crippen LogP contribution < -0.4 is 9.47 Å². The lowest BCUT2D eigenvalue weighted by Crippen LogP contribution is -2.13. The standard InChI is InChI=1S/C34H45ClN2O3/c1-4-6-8-10-11-12-14-16-27-24-36-33(37-25-27)28-17-20-30(21-18-28)40-34(38)29-19-22-32(31(35)23-29)39-26(3)15-13-9-7-5-2/h17-26H,4-16H2,1-3H3. The van der Waals surface area contributed by atoms with Gasteiger partial charge in [0, 0.05) is 18.0 Å². The predicted molar refractivity (Wildman–Crippen MR) is 164 cm³/mol. The highest BCUT2D eigenvalue weighted by Gasteiger charge is 2.14. The molecule has 0 aliphatic carbocycles. The summed E-state index contributed by atoms with van der Waals surface area (Å²) < 4.78 is 11.6. The molecule has 0 aliphatic rings. The minimum atomic E-state index is -0.472. The van der Waals surface area contributed by atoms with Crippen molar-refractivity contribution >= 4 is 17.6 Å². The number of rotatable bonds is 18. The van der Waals surface area contributed by atoms with Crippen LogP contribution in [0.15, 0.2) is 54.9 Å². The summed E-state index contributed by atoms with van der Waals surface area (Å²) >= 11 is 6.42. The average Bonchev–Trinajstić information content (AvgIpc) is 2.96. The molecule has 1 heterocycles. The van der Waals surface area contributed by atoms with Crippen LogP contribution in [-0.2, 0) is 6.42 Å². The van der Waals surface area contributed by atoms with E-state index in [1.54, 1.807) is 30.3 Å². The van der Waals surface area contributed by atoms with Gasteiger partial charge in [0.1, 0.15) is 11.5 Å². The van der Waals surface area contributed by atoms with E-state index in [1.807, 2.05) is 31.5 Å². The molecular weight excluding hydrogens is 520 g/mol. The number of ether oxygens (including phenoxy) is 2. The Hall–Kier alpha value is -2.92. The van der Waals surface area contributed by atoms with Crippen molar-refractivity contribution in [2.24, 2.45) is 0 Å². The molecule has 0 amide bonds. The zero-order valence-electron chi connectivity index (χ0n) is 24.5. The molecule has 0 fully saturated rings. The normalized spacial score (nSPS) is 11.8. The molecule has 1 atom stereocenters. The number of carbonyl (C=O) groups is 1. The van der Waals surface area contributed by atoms with E-state index in [1.165, 1.54) is 69.8 Å². The molecule has 1 aromatic heterocycles. The highest BCUT2D eigenvalue weighted by molar-refractivity contribution is 6.32. The van der Waals surface area contributed by atoms with E-state index in [4.69, 9.17) is 21.1 Å². The molecule has 0 radical (unpaired) electrons. The summed E-state index contributed by atoms with van der Waals surface area (Å²) in [7, 11) is 0. The van der Waals surface area contributed by atoms with E-state index in [0.717, 1.165) is 24.8 Å². The largest absolute Gasteiger partial charge is 0.489 e. The first-order valence-electron chi connectivity index (χ1n) is 15.1. The van der Waals surface area contributed by atoms with Crippen molar-refractivity contribution < 1.29 is 14.3 Å². The van der Waals surface area contributed by atoms with Gasteiger partial charge in [-0.3, -0.25) is 0 Å². The third kappa shape index (κ3) is 10.9. The molecule has 0 bridgehead atoms. The van der Waals surface area contributed by atoms with E-state index in [-0.39, 0.29) is 6.10 Å². The van der Waals surface area contributed by atoms with Crippen LogP contribution in [0, 0.1) is 0 Å². The van der Waals surface area contributed by atoms with Crippen LogP contribution >= 0.6 is 11.6 Å². The minimum Gasteiger partial charge on any atom is -0.489 e. The second-order valence-electron chi connectivity index (χ2n) is 10.6. The molecule has 5 nitrogen and oxygen atoms in total.